The van der Waals surface area contributed by atoms with Gasteiger partial charge in [-0.05, 0) is 55.8 Å². The van der Waals surface area contributed by atoms with E-state index in [-0.39, 0.29) is 23.8 Å². The van der Waals surface area contributed by atoms with E-state index in [1.165, 1.54) is 32.1 Å². The minimum absolute atomic E-state index is 0.139. The van der Waals surface area contributed by atoms with Crippen molar-refractivity contribution in [2.45, 2.75) is 90.5 Å². The second kappa shape index (κ2) is 8.65. The van der Waals surface area contributed by atoms with Gasteiger partial charge in [0, 0.05) is 13.6 Å². The number of imide groups is 1. The van der Waals surface area contributed by atoms with E-state index < -0.39 is 11.6 Å². The fourth-order valence-corrected chi connectivity index (χ4v) is 5.45. The Morgan fingerprint density at radius 3 is 2.34 bits per heavy atom. The predicted molar refractivity (Wildman–Crippen MR) is 113 cm³/mol. The highest BCUT2D eigenvalue weighted by Crippen LogP contribution is 2.45. The zero-order valence-electron chi connectivity index (χ0n) is 18.8. The van der Waals surface area contributed by atoms with Crippen LogP contribution in [0.1, 0.15) is 85.0 Å². The van der Waals surface area contributed by atoms with Gasteiger partial charge in [-0.15, -0.1) is 0 Å². The first-order valence-corrected chi connectivity index (χ1v) is 11.6. The van der Waals surface area contributed by atoms with Gasteiger partial charge in [-0.2, -0.15) is 0 Å². The summed E-state index contributed by atoms with van der Waals surface area (Å²) in [5.41, 5.74) is -0.537. The van der Waals surface area contributed by atoms with Gasteiger partial charge < -0.3 is 10.2 Å². The lowest BCUT2D eigenvalue weighted by Gasteiger charge is -2.42. The summed E-state index contributed by atoms with van der Waals surface area (Å²) in [6.45, 7) is 7.38. The van der Waals surface area contributed by atoms with Crippen molar-refractivity contribution in [3.05, 3.63) is 0 Å². The van der Waals surface area contributed by atoms with Crippen molar-refractivity contribution >= 4 is 17.8 Å². The average Bonchev–Trinajstić information content (AvgIpc) is 2.93. The van der Waals surface area contributed by atoms with Crippen molar-refractivity contribution in [3.63, 3.8) is 0 Å². The van der Waals surface area contributed by atoms with Gasteiger partial charge in [0.25, 0.3) is 5.91 Å². The molecule has 29 heavy (non-hydrogen) atoms. The zero-order valence-corrected chi connectivity index (χ0v) is 18.8. The molecule has 0 aromatic rings. The number of urea groups is 1. The van der Waals surface area contributed by atoms with Gasteiger partial charge >= 0.3 is 6.03 Å². The Hall–Kier alpha value is -1.59. The molecule has 0 atom stereocenters. The first kappa shape index (κ1) is 22.1. The van der Waals surface area contributed by atoms with Crippen LogP contribution in [0.5, 0.6) is 0 Å². The molecule has 1 heterocycles. The van der Waals surface area contributed by atoms with Crippen molar-refractivity contribution in [2.24, 2.45) is 17.3 Å². The average molecular weight is 406 g/mol. The molecule has 3 rings (SSSR count). The fourth-order valence-electron chi connectivity index (χ4n) is 5.45. The number of nitrogens with zero attached hydrogens (tertiary/aromatic N) is 2. The number of likely N-dealkylation sites (N-methyl/N-ethyl adjacent to an activating group) is 1. The van der Waals surface area contributed by atoms with Gasteiger partial charge in [-0.1, -0.05) is 46.5 Å². The summed E-state index contributed by atoms with van der Waals surface area (Å²) in [7, 11) is 1.79. The third-order valence-electron chi connectivity index (χ3n) is 8.08. The maximum absolute atomic E-state index is 13.1. The van der Waals surface area contributed by atoms with E-state index in [9.17, 15) is 14.4 Å². The molecule has 164 valence electrons. The number of carbonyl (C=O) groups is 3. The van der Waals surface area contributed by atoms with Crippen LogP contribution in [0.25, 0.3) is 0 Å². The third kappa shape index (κ3) is 4.61. The molecule has 1 saturated heterocycles. The van der Waals surface area contributed by atoms with Gasteiger partial charge in [0.05, 0.1) is 0 Å². The molecular formula is C23H39N3O3. The van der Waals surface area contributed by atoms with Gasteiger partial charge in [0.15, 0.2) is 0 Å². The maximum atomic E-state index is 13.1. The van der Waals surface area contributed by atoms with E-state index in [2.05, 4.69) is 26.1 Å². The van der Waals surface area contributed by atoms with E-state index in [1.807, 2.05) is 0 Å². The molecule has 0 aromatic carbocycles. The third-order valence-corrected chi connectivity index (χ3v) is 8.08. The van der Waals surface area contributed by atoms with Gasteiger partial charge in [-0.25, -0.2) is 4.79 Å². The largest absolute Gasteiger partial charge is 0.344 e. The quantitative estimate of drug-likeness (QED) is 0.681. The molecule has 3 fully saturated rings. The first-order valence-electron chi connectivity index (χ1n) is 11.6. The molecule has 0 bridgehead atoms. The summed E-state index contributed by atoms with van der Waals surface area (Å²) < 4.78 is 0. The Kier molecular flexibility index (Phi) is 6.59. The molecule has 4 amide bonds. The summed E-state index contributed by atoms with van der Waals surface area (Å²) in [6.07, 6.45) is 10.4. The summed E-state index contributed by atoms with van der Waals surface area (Å²) in [5, 5.41) is 2.95. The summed E-state index contributed by atoms with van der Waals surface area (Å²) in [4.78, 5) is 41.3. The highest BCUT2D eigenvalue weighted by atomic mass is 16.2. The molecule has 6 heteroatoms. The van der Waals surface area contributed by atoms with Gasteiger partial charge in [0.1, 0.15) is 12.1 Å². The predicted octanol–water partition coefficient (Wildman–Crippen LogP) is 3.94. The minimum atomic E-state index is -0.792. The number of nitrogens with one attached hydrogen (secondary N) is 1. The van der Waals surface area contributed by atoms with Crippen LogP contribution >= 0.6 is 0 Å². The molecular weight excluding hydrogens is 366 g/mol. The Bertz CT molecular complexity index is 631. The van der Waals surface area contributed by atoms with E-state index in [4.69, 9.17) is 0 Å². The molecule has 6 nitrogen and oxygen atoms in total. The molecule has 0 unspecified atom stereocenters. The van der Waals surface area contributed by atoms with Crippen LogP contribution in [0.15, 0.2) is 0 Å². The highest BCUT2D eigenvalue weighted by molar-refractivity contribution is 6.09. The van der Waals surface area contributed by atoms with Crippen LogP contribution in [-0.4, -0.2) is 53.3 Å². The van der Waals surface area contributed by atoms with Crippen molar-refractivity contribution < 1.29 is 14.4 Å². The lowest BCUT2D eigenvalue weighted by molar-refractivity contribution is -0.139. The second-order valence-corrected chi connectivity index (χ2v) is 10.3. The SMILES string of the molecule is CCC(C)(C)C1CCC2(CC1)NC(=O)N(CC(=O)N(C)CC1CCCCC1)C2=O. The maximum Gasteiger partial charge on any atom is 0.325 e. The number of hydrogen-bond acceptors (Lipinski definition) is 3. The normalized spacial score (nSPS) is 28.7. The first-order chi connectivity index (χ1) is 13.7. The minimum Gasteiger partial charge on any atom is -0.344 e. The van der Waals surface area contributed by atoms with Crippen molar-refractivity contribution in [2.75, 3.05) is 20.1 Å². The number of hydrogen-bond donors (Lipinski definition) is 1. The topological polar surface area (TPSA) is 69.7 Å². The van der Waals surface area contributed by atoms with Gasteiger partial charge in [0.2, 0.25) is 5.91 Å². The van der Waals surface area contributed by atoms with E-state index in [0.29, 0.717) is 24.7 Å². The Balaban J connectivity index is 1.57. The smallest absolute Gasteiger partial charge is 0.325 e. The Morgan fingerprint density at radius 2 is 1.76 bits per heavy atom. The summed E-state index contributed by atoms with van der Waals surface area (Å²) in [6, 6.07) is -0.400. The Labute approximate surface area is 175 Å². The molecule has 0 radical (unpaired) electrons. The van der Waals surface area contributed by atoms with E-state index in [1.54, 1.807) is 11.9 Å². The second-order valence-electron chi connectivity index (χ2n) is 10.3. The van der Waals surface area contributed by atoms with E-state index in [0.717, 1.165) is 30.7 Å². The number of rotatable bonds is 6. The molecule has 2 aliphatic carbocycles. The van der Waals surface area contributed by atoms with Crippen molar-refractivity contribution in [3.8, 4) is 0 Å². The number of amides is 4. The molecule has 1 aliphatic heterocycles. The van der Waals surface area contributed by atoms with E-state index >= 15 is 0 Å². The lowest BCUT2D eigenvalue weighted by atomic mass is 9.65. The fraction of sp³-hybridized carbons (Fsp3) is 0.870. The van der Waals surface area contributed by atoms with Crippen LogP contribution < -0.4 is 5.32 Å². The highest BCUT2D eigenvalue weighted by Gasteiger charge is 2.53. The van der Waals surface area contributed by atoms with Crippen molar-refractivity contribution in [1.29, 1.82) is 0 Å². The summed E-state index contributed by atoms with van der Waals surface area (Å²) in [5.74, 6) is 0.774. The monoisotopic (exact) mass is 405 g/mol. The van der Waals surface area contributed by atoms with Crippen LogP contribution in [0, 0.1) is 17.3 Å². The zero-order chi connectivity index (χ0) is 21.2. The van der Waals surface area contributed by atoms with Crippen molar-refractivity contribution in [1.82, 2.24) is 15.1 Å². The Morgan fingerprint density at radius 1 is 1.14 bits per heavy atom. The van der Waals surface area contributed by atoms with Crippen LogP contribution in [-0.2, 0) is 9.59 Å². The molecule has 2 saturated carbocycles. The number of carbonyl (C=O) groups excluding carboxylic acids is 3. The summed E-state index contributed by atoms with van der Waals surface area (Å²) >= 11 is 0. The van der Waals surface area contributed by atoms with Gasteiger partial charge in [-0.3, -0.25) is 14.5 Å². The molecule has 3 aliphatic rings. The molecule has 1 N–H and O–H groups in total. The molecule has 0 aromatic heterocycles. The lowest BCUT2D eigenvalue weighted by Crippen LogP contribution is -2.51. The van der Waals surface area contributed by atoms with Crippen LogP contribution in [0.2, 0.25) is 0 Å². The molecule has 1 spiro atoms. The van der Waals surface area contributed by atoms with Crippen LogP contribution in [0.3, 0.4) is 0 Å². The van der Waals surface area contributed by atoms with Crippen LogP contribution in [0.4, 0.5) is 4.79 Å². The standard InChI is InChI=1S/C23H39N3O3/c1-5-22(2,3)18-11-13-23(14-12-18)20(28)26(21(29)24-23)16-19(27)25(4)15-17-9-7-6-8-10-17/h17-18H,5-16H2,1-4H3,(H,24,29).